The molecule has 11 nitrogen and oxygen atoms in total. The van der Waals surface area contributed by atoms with E-state index in [1.54, 1.807) is 18.2 Å². The maximum Gasteiger partial charge on any atom is 0.269 e. The molecule has 0 unspecified atom stereocenters. The summed E-state index contributed by atoms with van der Waals surface area (Å²) in [6, 6.07) is 18.1. The highest BCUT2D eigenvalue weighted by Gasteiger charge is 2.28. The number of amides is 1. The first-order chi connectivity index (χ1) is 18.6. The SMILES string of the molecule is O=C(CN(c1ccc([N+](=O)[O-])cc1)S(=O)(=O)c1ccccc1)Nc1ccc(S(=O)(=O)N2CCCCCC2)cc1. The third kappa shape index (κ3) is 6.61. The molecule has 1 fully saturated rings. The van der Waals surface area contributed by atoms with Gasteiger partial charge in [0, 0.05) is 30.9 Å². The zero-order valence-electron chi connectivity index (χ0n) is 21.0. The van der Waals surface area contributed by atoms with Crippen molar-refractivity contribution < 1.29 is 26.6 Å². The largest absolute Gasteiger partial charge is 0.325 e. The third-order valence-corrected chi connectivity index (χ3v) is 10.0. The van der Waals surface area contributed by atoms with E-state index in [0.29, 0.717) is 13.1 Å². The highest BCUT2D eigenvalue weighted by molar-refractivity contribution is 7.92. The van der Waals surface area contributed by atoms with Gasteiger partial charge in [0.2, 0.25) is 15.9 Å². The van der Waals surface area contributed by atoms with Gasteiger partial charge in [0.15, 0.2) is 0 Å². The van der Waals surface area contributed by atoms with E-state index in [9.17, 15) is 31.7 Å². The Balaban J connectivity index is 1.54. The summed E-state index contributed by atoms with van der Waals surface area (Å²) in [6.07, 6.45) is 3.61. The lowest BCUT2D eigenvalue weighted by atomic mass is 10.2. The van der Waals surface area contributed by atoms with E-state index in [1.165, 1.54) is 52.8 Å². The van der Waals surface area contributed by atoms with Gasteiger partial charge in [0.05, 0.1) is 20.4 Å². The van der Waals surface area contributed by atoms with Gasteiger partial charge in [-0.25, -0.2) is 16.8 Å². The summed E-state index contributed by atoms with van der Waals surface area (Å²) in [5.41, 5.74) is 0.129. The Bertz CT molecular complexity index is 1520. The van der Waals surface area contributed by atoms with Crippen molar-refractivity contribution in [1.29, 1.82) is 0 Å². The molecule has 1 aliphatic rings. The average molecular weight is 573 g/mol. The molecule has 39 heavy (non-hydrogen) atoms. The zero-order chi connectivity index (χ0) is 28.0. The van der Waals surface area contributed by atoms with E-state index in [4.69, 9.17) is 0 Å². The van der Waals surface area contributed by atoms with Gasteiger partial charge in [-0.05, 0) is 61.4 Å². The van der Waals surface area contributed by atoms with Crippen LogP contribution in [0.5, 0.6) is 0 Å². The molecule has 0 aromatic heterocycles. The highest BCUT2D eigenvalue weighted by atomic mass is 32.2. The zero-order valence-corrected chi connectivity index (χ0v) is 22.6. The number of nitrogens with one attached hydrogen (secondary N) is 1. The molecule has 3 aromatic rings. The first-order valence-electron chi connectivity index (χ1n) is 12.3. The lowest BCUT2D eigenvalue weighted by Crippen LogP contribution is -2.38. The number of nitro groups is 1. The van der Waals surface area contributed by atoms with Gasteiger partial charge in [0.1, 0.15) is 6.54 Å². The van der Waals surface area contributed by atoms with E-state index in [2.05, 4.69) is 5.32 Å². The van der Waals surface area contributed by atoms with Gasteiger partial charge >= 0.3 is 0 Å². The van der Waals surface area contributed by atoms with Crippen molar-refractivity contribution in [1.82, 2.24) is 4.31 Å². The number of carbonyl (C=O) groups excluding carboxylic acids is 1. The Morgan fingerprint density at radius 1 is 0.821 bits per heavy atom. The van der Waals surface area contributed by atoms with E-state index in [-0.39, 0.29) is 26.9 Å². The molecular formula is C26H28N4O7S2. The number of anilines is 2. The van der Waals surface area contributed by atoms with Crippen molar-refractivity contribution in [3.63, 3.8) is 0 Å². The van der Waals surface area contributed by atoms with Crippen molar-refractivity contribution in [2.75, 3.05) is 29.3 Å². The topological polar surface area (TPSA) is 147 Å². The molecule has 1 heterocycles. The number of non-ortho nitro benzene ring substituents is 1. The molecular weight excluding hydrogens is 544 g/mol. The van der Waals surface area contributed by atoms with Crippen LogP contribution in [0, 0.1) is 10.1 Å². The predicted octanol–water partition coefficient (Wildman–Crippen LogP) is 3.99. The molecule has 3 aromatic carbocycles. The van der Waals surface area contributed by atoms with Crippen molar-refractivity contribution in [2.24, 2.45) is 0 Å². The number of rotatable bonds is 9. The quantitative estimate of drug-likeness (QED) is 0.301. The Morgan fingerprint density at radius 2 is 1.41 bits per heavy atom. The molecule has 0 bridgehead atoms. The van der Waals surface area contributed by atoms with E-state index in [0.717, 1.165) is 42.1 Å². The molecule has 206 valence electrons. The maximum absolute atomic E-state index is 13.4. The molecule has 13 heteroatoms. The Labute approximate surface area is 227 Å². The maximum atomic E-state index is 13.4. The molecule has 0 atom stereocenters. The summed E-state index contributed by atoms with van der Waals surface area (Å²) in [6.45, 7) is 0.313. The number of carbonyl (C=O) groups is 1. The van der Waals surface area contributed by atoms with Gasteiger partial charge in [-0.1, -0.05) is 31.0 Å². The van der Waals surface area contributed by atoms with Crippen LogP contribution in [0.2, 0.25) is 0 Å². The minimum atomic E-state index is -4.20. The van der Waals surface area contributed by atoms with Crippen molar-refractivity contribution in [3.8, 4) is 0 Å². The molecule has 1 N–H and O–H groups in total. The lowest BCUT2D eigenvalue weighted by Gasteiger charge is -2.24. The van der Waals surface area contributed by atoms with Crippen LogP contribution in [0.3, 0.4) is 0 Å². The van der Waals surface area contributed by atoms with Crippen LogP contribution in [0.1, 0.15) is 25.7 Å². The number of hydrogen-bond donors (Lipinski definition) is 1. The predicted molar refractivity (Wildman–Crippen MR) is 146 cm³/mol. The summed E-state index contributed by atoms with van der Waals surface area (Å²) in [4.78, 5) is 23.5. The third-order valence-electron chi connectivity index (χ3n) is 6.31. The summed E-state index contributed by atoms with van der Waals surface area (Å²) >= 11 is 0. The lowest BCUT2D eigenvalue weighted by molar-refractivity contribution is -0.384. The number of hydrogen-bond acceptors (Lipinski definition) is 7. The van der Waals surface area contributed by atoms with Gasteiger partial charge in [-0.2, -0.15) is 4.31 Å². The second-order valence-corrected chi connectivity index (χ2v) is 12.8. The summed E-state index contributed by atoms with van der Waals surface area (Å²) in [7, 11) is -7.86. The minimum Gasteiger partial charge on any atom is -0.325 e. The molecule has 0 spiro atoms. The molecule has 1 amide bonds. The Morgan fingerprint density at radius 3 is 1.97 bits per heavy atom. The molecule has 1 saturated heterocycles. The molecule has 1 aliphatic heterocycles. The number of sulfonamides is 2. The van der Waals surface area contributed by atoms with Gasteiger partial charge < -0.3 is 5.32 Å². The summed E-state index contributed by atoms with van der Waals surface area (Å²) in [5.74, 6) is -0.684. The standard InChI is InChI=1S/C26H28N4O7S2/c31-26(27-21-10-16-25(17-11-21)38(34,35)28-18-6-1-2-7-19-28)20-29(22-12-14-23(15-13-22)30(32)33)39(36,37)24-8-4-3-5-9-24/h3-5,8-17H,1-2,6-7,18-20H2,(H,27,31). The van der Waals surface area contributed by atoms with Gasteiger partial charge in [-0.15, -0.1) is 0 Å². The number of nitrogens with zero attached hydrogens (tertiary/aromatic N) is 3. The van der Waals surface area contributed by atoms with E-state index < -0.39 is 37.4 Å². The first kappa shape index (κ1) is 28.2. The minimum absolute atomic E-state index is 0.0563. The van der Waals surface area contributed by atoms with Crippen molar-refractivity contribution in [3.05, 3.63) is 89.0 Å². The summed E-state index contributed by atoms with van der Waals surface area (Å²) < 4.78 is 55.2. The van der Waals surface area contributed by atoms with Crippen LogP contribution >= 0.6 is 0 Å². The monoisotopic (exact) mass is 572 g/mol. The number of nitro benzene ring substituents is 1. The Kier molecular flexibility index (Phi) is 8.63. The number of benzene rings is 3. The van der Waals surface area contributed by atoms with Crippen LogP contribution in [-0.2, 0) is 24.8 Å². The highest BCUT2D eigenvalue weighted by Crippen LogP contribution is 2.26. The second-order valence-electron chi connectivity index (χ2n) is 8.99. The van der Waals surface area contributed by atoms with Gasteiger partial charge in [0.25, 0.3) is 15.7 Å². The molecule has 4 rings (SSSR count). The fourth-order valence-electron chi connectivity index (χ4n) is 4.25. The molecule has 0 saturated carbocycles. The fraction of sp³-hybridized carbons (Fsp3) is 0.269. The average Bonchev–Trinajstić information content (AvgIpc) is 3.23. The van der Waals surface area contributed by atoms with Crippen molar-refractivity contribution >= 4 is 43.0 Å². The van der Waals surface area contributed by atoms with Gasteiger partial charge in [-0.3, -0.25) is 19.2 Å². The van der Waals surface area contributed by atoms with Crippen LogP contribution in [0.4, 0.5) is 17.1 Å². The molecule has 0 radical (unpaired) electrons. The first-order valence-corrected chi connectivity index (χ1v) is 15.2. The summed E-state index contributed by atoms with van der Waals surface area (Å²) in [5, 5.41) is 13.6. The normalized spacial score (nSPS) is 14.8. The van der Waals surface area contributed by atoms with E-state index in [1.807, 2.05) is 0 Å². The van der Waals surface area contributed by atoms with Crippen LogP contribution in [-0.4, -0.2) is 51.6 Å². The Hall–Kier alpha value is -3.81. The van der Waals surface area contributed by atoms with Crippen LogP contribution < -0.4 is 9.62 Å². The van der Waals surface area contributed by atoms with E-state index >= 15 is 0 Å². The smallest absolute Gasteiger partial charge is 0.269 e. The van der Waals surface area contributed by atoms with Crippen LogP contribution in [0.15, 0.2) is 88.7 Å². The van der Waals surface area contributed by atoms with Crippen molar-refractivity contribution in [2.45, 2.75) is 35.5 Å². The van der Waals surface area contributed by atoms with Crippen LogP contribution in [0.25, 0.3) is 0 Å². The molecule has 0 aliphatic carbocycles. The fourth-order valence-corrected chi connectivity index (χ4v) is 7.21. The second kappa shape index (κ2) is 11.9.